The summed E-state index contributed by atoms with van der Waals surface area (Å²) in [5.74, 6) is -8.53. The molecule has 0 saturated heterocycles. The highest BCUT2D eigenvalue weighted by Crippen LogP contribution is 2.39. The Labute approximate surface area is 229 Å². The number of halogens is 9. The summed E-state index contributed by atoms with van der Waals surface area (Å²) < 4.78 is 132. The topological polar surface area (TPSA) is 18.5 Å². The van der Waals surface area contributed by atoms with Crippen LogP contribution in [0.5, 0.6) is 11.5 Å². The molecule has 0 amide bonds. The number of unbranched alkanes of at least 4 members (excludes halogenated alkanes) is 1. The largest absolute Gasteiger partial charge is 0.573 e. The molecule has 0 bridgehead atoms. The van der Waals surface area contributed by atoms with Gasteiger partial charge < -0.3 is 9.47 Å². The van der Waals surface area contributed by atoms with Crippen molar-refractivity contribution in [2.75, 3.05) is 0 Å². The van der Waals surface area contributed by atoms with E-state index in [1.54, 1.807) is 0 Å². The molecule has 0 aliphatic rings. The lowest BCUT2D eigenvalue weighted by atomic mass is 9.97. The van der Waals surface area contributed by atoms with Crippen molar-refractivity contribution in [3.8, 4) is 33.8 Å². The van der Waals surface area contributed by atoms with Gasteiger partial charge in [0.05, 0.1) is 0 Å². The van der Waals surface area contributed by atoms with E-state index >= 15 is 0 Å². The van der Waals surface area contributed by atoms with E-state index in [2.05, 4.69) is 16.4 Å². The SMILES string of the molecule is CCCCc1ccc(-c2ccc(-c3cc(F)c(C(F)(F)Oc4ccc(OC(F)(F)F)c(F)c4)c(F)c3)c(F)c2)cc1. The van der Waals surface area contributed by atoms with Crippen LogP contribution in [0.2, 0.25) is 0 Å². The second kappa shape index (κ2) is 11.8. The lowest BCUT2D eigenvalue weighted by Crippen LogP contribution is -2.25. The van der Waals surface area contributed by atoms with Gasteiger partial charge in [0.1, 0.15) is 28.8 Å². The zero-order chi connectivity index (χ0) is 29.9. The number of aryl methyl sites for hydroxylation is 1. The molecule has 0 unspecified atom stereocenters. The predicted molar refractivity (Wildman–Crippen MR) is 133 cm³/mol. The first-order valence-electron chi connectivity index (χ1n) is 12.3. The second-order valence-electron chi connectivity index (χ2n) is 9.07. The zero-order valence-corrected chi connectivity index (χ0v) is 21.3. The molecule has 0 spiro atoms. The van der Waals surface area contributed by atoms with Crippen molar-refractivity contribution in [1.82, 2.24) is 0 Å². The average Bonchev–Trinajstić information content (AvgIpc) is 2.88. The maximum Gasteiger partial charge on any atom is 0.573 e. The predicted octanol–water partition coefficient (Wildman–Crippen LogP) is 9.95. The minimum atomic E-state index is -5.25. The van der Waals surface area contributed by atoms with Crippen LogP contribution in [0.15, 0.2) is 72.8 Å². The Bertz CT molecular complexity index is 1510. The van der Waals surface area contributed by atoms with Crippen LogP contribution in [-0.2, 0) is 12.5 Å². The van der Waals surface area contributed by atoms with Crippen LogP contribution < -0.4 is 9.47 Å². The van der Waals surface area contributed by atoms with Crippen LogP contribution >= 0.6 is 0 Å². The molecule has 0 aliphatic carbocycles. The summed E-state index contributed by atoms with van der Waals surface area (Å²) in [5.41, 5.74) is -0.184. The third kappa shape index (κ3) is 7.14. The number of rotatable bonds is 9. The highest BCUT2D eigenvalue weighted by molar-refractivity contribution is 5.71. The zero-order valence-electron chi connectivity index (χ0n) is 21.3. The molecule has 0 fully saturated rings. The number of benzene rings is 4. The normalized spacial score (nSPS) is 12.0. The van der Waals surface area contributed by atoms with Gasteiger partial charge in [0, 0.05) is 11.6 Å². The third-order valence-electron chi connectivity index (χ3n) is 6.09. The van der Waals surface area contributed by atoms with Crippen molar-refractivity contribution in [2.45, 2.75) is 38.7 Å². The monoisotopic (exact) mass is 584 g/mol. The molecule has 0 N–H and O–H groups in total. The summed E-state index contributed by atoms with van der Waals surface area (Å²) in [6.07, 6.45) is -7.00. The Morgan fingerprint density at radius 1 is 0.610 bits per heavy atom. The van der Waals surface area contributed by atoms with Gasteiger partial charge in [-0.3, -0.25) is 0 Å². The van der Waals surface area contributed by atoms with E-state index < -0.39 is 52.8 Å². The molecule has 41 heavy (non-hydrogen) atoms. The van der Waals surface area contributed by atoms with Crippen molar-refractivity contribution in [2.24, 2.45) is 0 Å². The molecule has 11 heteroatoms. The van der Waals surface area contributed by atoms with Gasteiger partial charge in [-0.05, 0) is 65.4 Å². The minimum Gasteiger partial charge on any atom is -0.429 e. The van der Waals surface area contributed by atoms with Crippen LogP contribution in [0, 0.1) is 23.3 Å². The first-order chi connectivity index (χ1) is 19.3. The number of alkyl halides is 5. The van der Waals surface area contributed by atoms with Crippen molar-refractivity contribution in [1.29, 1.82) is 0 Å². The Balaban J connectivity index is 1.57. The highest BCUT2D eigenvalue weighted by atomic mass is 19.4. The molecule has 4 aromatic carbocycles. The highest BCUT2D eigenvalue weighted by Gasteiger charge is 2.41. The van der Waals surface area contributed by atoms with Gasteiger partial charge in [0.15, 0.2) is 11.6 Å². The third-order valence-corrected chi connectivity index (χ3v) is 6.09. The van der Waals surface area contributed by atoms with Crippen LogP contribution in [0.1, 0.15) is 30.9 Å². The Morgan fingerprint density at radius 3 is 1.78 bits per heavy atom. The summed E-state index contributed by atoms with van der Waals surface area (Å²) >= 11 is 0. The molecule has 0 atom stereocenters. The summed E-state index contributed by atoms with van der Waals surface area (Å²) in [6, 6.07) is 13.4. The van der Waals surface area contributed by atoms with E-state index in [-0.39, 0.29) is 17.2 Å². The smallest absolute Gasteiger partial charge is 0.429 e. The average molecular weight is 584 g/mol. The van der Waals surface area contributed by atoms with Crippen molar-refractivity contribution in [3.63, 3.8) is 0 Å². The molecular weight excluding hydrogens is 563 g/mol. The van der Waals surface area contributed by atoms with Crippen molar-refractivity contribution in [3.05, 3.63) is 107 Å². The first-order valence-corrected chi connectivity index (χ1v) is 12.3. The molecule has 0 heterocycles. The van der Waals surface area contributed by atoms with Crippen molar-refractivity contribution >= 4 is 0 Å². The van der Waals surface area contributed by atoms with Gasteiger partial charge in [-0.15, -0.1) is 13.2 Å². The van der Waals surface area contributed by atoms with E-state index in [0.717, 1.165) is 30.9 Å². The second-order valence-corrected chi connectivity index (χ2v) is 9.07. The molecule has 0 saturated carbocycles. The van der Waals surface area contributed by atoms with E-state index in [4.69, 9.17) is 0 Å². The van der Waals surface area contributed by atoms with Gasteiger partial charge in [0.25, 0.3) is 0 Å². The van der Waals surface area contributed by atoms with Crippen LogP contribution in [0.3, 0.4) is 0 Å². The van der Waals surface area contributed by atoms with E-state index in [1.165, 1.54) is 12.1 Å². The summed E-state index contributed by atoms with van der Waals surface area (Å²) in [6.45, 7) is 2.08. The van der Waals surface area contributed by atoms with Crippen LogP contribution in [0.4, 0.5) is 39.5 Å². The fourth-order valence-corrected chi connectivity index (χ4v) is 4.13. The Hall–Kier alpha value is -4.15. The molecule has 0 aliphatic heterocycles. The van der Waals surface area contributed by atoms with Gasteiger partial charge in [-0.1, -0.05) is 49.7 Å². The molecule has 4 aromatic rings. The number of hydrogen-bond donors (Lipinski definition) is 0. The molecule has 0 radical (unpaired) electrons. The summed E-state index contributed by atoms with van der Waals surface area (Å²) in [7, 11) is 0. The quantitative estimate of drug-likeness (QED) is 0.182. The fourth-order valence-electron chi connectivity index (χ4n) is 4.13. The Morgan fingerprint density at radius 2 is 1.22 bits per heavy atom. The Kier molecular flexibility index (Phi) is 8.55. The first kappa shape index (κ1) is 29.8. The maximum atomic E-state index is 15.0. The lowest BCUT2D eigenvalue weighted by Gasteiger charge is -2.20. The van der Waals surface area contributed by atoms with Gasteiger partial charge in [-0.2, -0.15) is 8.78 Å². The number of ether oxygens (including phenoxy) is 2. The number of hydrogen-bond acceptors (Lipinski definition) is 2. The fraction of sp³-hybridized carbons (Fsp3) is 0.200. The van der Waals surface area contributed by atoms with Crippen LogP contribution in [0.25, 0.3) is 22.3 Å². The molecule has 0 aromatic heterocycles. The van der Waals surface area contributed by atoms with E-state index in [9.17, 15) is 39.5 Å². The lowest BCUT2D eigenvalue weighted by molar-refractivity contribution is -0.275. The standard InChI is InChI=1S/C30H21F9O2/c1-2-3-4-17-5-7-18(8-6-17)19-9-11-22(23(31)13-19)20-14-25(33)28(26(34)15-20)29(35,36)40-21-10-12-27(24(32)16-21)41-30(37,38)39/h5-16H,2-4H2,1H3. The maximum absolute atomic E-state index is 15.0. The van der Waals surface area contributed by atoms with Crippen LogP contribution in [-0.4, -0.2) is 6.36 Å². The molecule has 4 rings (SSSR count). The summed E-state index contributed by atoms with van der Waals surface area (Å²) in [5, 5.41) is 0. The van der Waals surface area contributed by atoms with Gasteiger partial charge in [0.2, 0.25) is 0 Å². The molecule has 216 valence electrons. The van der Waals surface area contributed by atoms with Crippen molar-refractivity contribution < 1.29 is 49.0 Å². The van der Waals surface area contributed by atoms with Gasteiger partial charge in [-0.25, -0.2) is 17.6 Å². The molecular formula is C30H21F9O2. The minimum absolute atomic E-state index is 0.134. The van der Waals surface area contributed by atoms with E-state index in [1.807, 2.05) is 24.3 Å². The van der Waals surface area contributed by atoms with E-state index in [0.29, 0.717) is 35.4 Å². The molecule has 2 nitrogen and oxygen atoms in total. The summed E-state index contributed by atoms with van der Waals surface area (Å²) in [4.78, 5) is 0. The van der Waals surface area contributed by atoms with Gasteiger partial charge >= 0.3 is 12.5 Å².